The molecule has 4 rings (SSSR count). The molecule has 1 amide bonds. The predicted octanol–water partition coefficient (Wildman–Crippen LogP) is 8.55. The van der Waals surface area contributed by atoms with E-state index in [9.17, 15) is 14.3 Å². The topological polar surface area (TPSA) is 54.3 Å². The fourth-order valence-electron chi connectivity index (χ4n) is 4.80. The molecule has 1 aromatic heterocycles. The highest BCUT2D eigenvalue weighted by Gasteiger charge is 2.30. The normalized spacial score (nSPS) is 11.6. The van der Waals surface area contributed by atoms with Crippen LogP contribution in [0.15, 0.2) is 97.6 Å². The minimum absolute atomic E-state index is 0. The van der Waals surface area contributed by atoms with Crippen molar-refractivity contribution in [2.75, 3.05) is 5.32 Å². The van der Waals surface area contributed by atoms with E-state index in [1.165, 1.54) is 12.1 Å². The molecule has 4 nitrogen and oxygen atoms in total. The molecule has 0 saturated heterocycles. The molecule has 0 radical (unpaired) electrons. The van der Waals surface area contributed by atoms with Gasteiger partial charge in [-0.05, 0) is 66.3 Å². The van der Waals surface area contributed by atoms with Crippen LogP contribution in [0.1, 0.15) is 57.5 Å². The van der Waals surface area contributed by atoms with Gasteiger partial charge in [0.1, 0.15) is 5.82 Å². The van der Waals surface area contributed by atoms with E-state index >= 15 is 0 Å². The number of aliphatic hydroxyl groups is 1. The molecule has 3 aromatic carbocycles. The van der Waals surface area contributed by atoms with E-state index in [2.05, 4.69) is 30.3 Å². The van der Waals surface area contributed by atoms with Gasteiger partial charge >= 0.3 is 0 Å². The van der Waals surface area contributed by atoms with Crippen LogP contribution in [0.4, 0.5) is 10.1 Å². The number of carbonyl (C=O) groups is 1. The van der Waals surface area contributed by atoms with E-state index in [-0.39, 0.29) is 26.5 Å². The van der Waals surface area contributed by atoms with Crippen LogP contribution >= 0.6 is 0 Å². The fourth-order valence-corrected chi connectivity index (χ4v) is 4.80. The molecule has 1 heterocycles. The third-order valence-electron chi connectivity index (χ3n) is 6.41. The Morgan fingerprint density at radius 2 is 1.61 bits per heavy atom. The van der Waals surface area contributed by atoms with Crippen LogP contribution in [-0.4, -0.2) is 21.7 Å². The minimum Gasteiger partial charge on any atom is -0.393 e. The highest BCUT2D eigenvalue weighted by molar-refractivity contribution is 6.12. The van der Waals surface area contributed by atoms with E-state index in [0.29, 0.717) is 30.6 Å². The van der Waals surface area contributed by atoms with Gasteiger partial charge in [-0.15, -0.1) is 6.58 Å². The van der Waals surface area contributed by atoms with Gasteiger partial charge in [-0.2, -0.15) is 0 Å². The van der Waals surface area contributed by atoms with Crippen molar-refractivity contribution in [3.8, 4) is 22.4 Å². The van der Waals surface area contributed by atoms with Crippen LogP contribution < -0.4 is 5.32 Å². The number of benzene rings is 3. The lowest BCUT2D eigenvalue weighted by molar-refractivity contribution is 0.102. The van der Waals surface area contributed by atoms with Crippen LogP contribution in [0.2, 0.25) is 0 Å². The number of anilines is 1. The molecule has 4 aromatic rings. The second-order valence-electron chi connectivity index (χ2n) is 9.45. The van der Waals surface area contributed by atoms with Crippen LogP contribution in [0.5, 0.6) is 0 Å². The Bertz CT molecular complexity index is 1350. The Balaban J connectivity index is 0.00000267. The van der Waals surface area contributed by atoms with Gasteiger partial charge in [-0.3, -0.25) is 4.79 Å². The monoisotopic (exact) mass is 514 g/mol. The maximum atomic E-state index is 14.0. The van der Waals surface area contributed by atoms with Gasteiger partial charge in [-0.1, -0.05) is 75.9 Å². The molecule has 0 bridgehead atoms. The second kappa shape index (κ2) is 13.0. The summed E-state index contributed by atoms with van der Waals surface area (Å²) in [7, 11) is 0. The lowest BCUT2D eigenvalue weighted by atomic mass is 9.94. The average molecular weight is 515 g/mol. The van der Waals surface area contributed by atoms with E-state index in [4.69, 9.17) is 0 Å². The summed E-state index contributed by atoms with van der Waals surface area (Å²) in [4.78, 5) is 14.0. The smallest absolute Gasteiger partial charge is 0.258 e. The summed E-state index contributed by atoms with van der Waals surface area (Å²) in [5, 5.41) is 13.6. The van der Waals surface area contributed by atoms with Crippen molar-refractivity contribution < 1.29 is 15.7 Å². The molecule has 0 aliphatic heterocycles. The van der Waals surface area contributed by atoms with Gasteiger partial charge in [0.25, 0.3) is 5.91 Å². The van der Waals surface area contributed by atoms with Gasteiger partial charge in [0, 0.05) is 24.9 Å². The third kappa shape index (κ3) is 6.29. The summed E-state index contributed by atoms with van der Waals surface area (Å²) in [5.74, 6) is -0.525. The van der Waals surface area contributed by atoms with Crippen molar-refractivity contribution in [2.24, 2.45) is 0 Å². The van der Waals surface area contributed by atoms with E-state index in [1.54, 1.807) is 18.2 Å². The Labute approximate surface area is 227 Å². The first kappa shape index (κ1) is 28.6. The molecule has 38 heavy (non-hydrogen) atoms. The molecule has 2 N–H and O–H groups in total. The Morgan fingerprint density at radius 3 is 2.18 bits per heavy atom. The Hall–Kier alpha value is -3.96. The first-order valence-electron chi connectivity index (χ1n) is 12.6. The van der Waals surface area contributed by atoms with Crippen molar-refractivity contribution >= 4 is 11.6 Å². The summed E-state index contributed by atoms with van der Waals surface area (Å²) in [6.07, 6.45) is 2.13. The van der Waals surface area contributed by atoms with Crippen molar-refractivity contribution in [1.29, 1.82) is 0 Å². The summed E-state index contributed by atoms with van der Waals surface area (Å²) in [6.45, 7) is 8.36. The molecule has 5 heteroatoms. The molecular formula is C33H39FN2O2. The van der Waals surface area contributed by atoms with Crippen LogP contribution in [0, 0.1) is 5.82 Å². The fraction of sp³-hybridized carbons (Fsp3) is 0.242. The minimum atomic E-state index is -0.553. The van der Waals surface area contributed by atoms with E-state index < -0.39 is 6.10 Å². The van der Waals surface area contributed by atoms with Gasteiger partial charge < -0.3 is 15.0 Å². The van der Waals surface area contributed by atoms with E-state index in [0.717, 1.165) is 28.1 Å². The first-order valence-corrected chi connectivity index (χ1v) is 12.6. The quantitative estimate of drug-likeness (QED) is 0.208. The maximum absolute atomic E-state index is 14.0. The first-order chi connectivity index (χ1) is 17.9. The zero-order chi connectivity index (χ0) is 26.4. The highest BCUT2D eigenvalue weighted by Crippen LogP contribution is 2.42. The largest absolute Gasteiger partial charge is 0.393 e. The molecule has 0 saturated carbocycles. The van der Waals surface area contributed by atoms with Crippen LogP contribution in [0.25, 0.3) is 22.4 Å². The SMILES string of the molecule is C.C=CC[C@H](O)CCn1c(-c2ccc(F)cc2)c(-c2ccccc2)c(C(=O)Nc2ccccc2)c1C(C)C.[HH]. The second-order valence-corrected chi connectivity index (χ2v) is 9.45. The van der Waals surface area contributed by atoms with Crippen molar-refractivity contribution in [1.82, 2.24) is 4.57 Å². The summed E-state index contributed by atoms with van der Waals surface area (Å²) in [6, 6.07) is 25.6. The number of aromatic nitrogens is 1. The number of nitrogens with zero attached hydrogens (tertiary/aromatic N) is 1. The number of carbonyl (C=O) groups excluding carboxylic acids is 1. The molecule has 0 fully saturated rings. The molecule has 0 unspecified atom stereocenters. The standard InChI is InChI=1S/C32H33FN2O2.CH4.H2/c1-4-11-27(36)20-21-35-30(22(2)3)29(32(37)34-26-14-9-6-10-15-26)28(23-12-7-5-8-13-23)31(35)24-16-18-25(33)19-17-24;;/h4-10,12-19,22,27,36H,1,11,20-21H2,2-3H3,(H,34,37);1H4;1H/t27-;;/m0../s1. The zero-order valence-corrected chi connectivity index (χ0v) is 21.3. The molecule has 200 valence electrons. The zero-order valence-electron chi connectivity index (χ0n) is 21.3. The Kier molecular flexibility index (Phi) is 9.80. The van der Waals surface area contributed by atoms with Gasteiger partial charge in [-0.25, -0.2) is 4.39 Å². The number of halogens is 1. The number of para-hydroxylation sites is 1. The molecule has 1 atom stereocenters. The number of hydrogen-bond donors (Lipinski definition) is 2. The van der Waals surface area contributed by atoms with E-state index in [1.807, 2.05) is 60.7 Å². The van der Waals surface area contributed by atoms with Gasteiger partial charge in [0.05, 0.1) is 17.4 Å². The molecule has 0 aliphatic rings. The van der Waals surface area contributed by atoms with Crippen LogP contribution in [-0.2, 0) is 6.54 Å². The van der Waals surface area contributed by atoms with Gasteiger partial charge in [0.15, 0.2) is 0 Å². The van der Waals surface area contributed by atoms with Gasteiger partial charge in [0.2, 0.25) is 0 Å². The summed E-state index contributed by atoms with van der Waals surface area (Å²) >= 11 is 0. The maximum Gasteiger partial charge on any atom is 0.258 e. The summed E-state index contributed by atoms with van der Waals surface area (Å²) in [5.41, 5.74) is 5.49. The number of amides is 1. The lowest BCUT2D eigenvalue weighted by Crippen LogP contribution is -2.17. The van der Waals surface area contributed by atoms with Crippen molar-refractivity contribution in [3.05, 3.63) is 115 Å². The summed E-state index contributed by atoms with van der Waals surface area (Å²) < 4.78 is 16.1. The highest BCUT2D eigenvalue weighted by atomic mass is 19.1. The number of hydrogen-bond acceptors (Lipinski definition) is 2. The molecule has 0 aliphatic carbocycles. The number of rotatable bonds is 10. The average Bonchev–Trinajstić information content (AvgIpc) is 3.25. The molecule has 0 spiro atoms. The number of nitrogens with one attached hydrogen (secondary N) is 1. The van der Waals surface area contributed by atoms with Crippen molar-refractivity contribution in [2.45, 2.75) is 52.7 Å². The predicted molar refractivity (Wildman–Crippen MR) is 158 cm³/mol. The number of aliphatic hydroxyl groups excluding tert-OH is 1. The third-order valence-corrected chi connectivity index (χ3v) is 6.41. The molecular weight excluding hydrogens is 475 g/mol. The lowest BCUT2D eigenvalue weighted by Gasteiger charge is -2.19. The Morgan fingerprint density at radius 1 is 1.00 bits per heavy atom. The van der Waals surface area contributed by atoms with Crippen molar-refractivity contribution in [3.63, 3.8) is 0 Å². The van der Waals surface area contributed by atoms with Crippen LogP contribution in [0.3, 0.4) is 0 Å².